The van der Waals surface area contributed by atoms with Crippen molar-refractivity contribution < 1.29 is 19.1 Å². The number of amides is 1. The van der Waals surface area contributed by atoms with E-state index < -0.39 is 11.9 Å². The van der Waals surface area contributed by atoms with E-state index in [0.717, 1.165) is 28.4 Å². The number of hydrogen-bond acceptors (Lipinski definition) is 5. The molecule has 1 N–H and O–H groups in total. The van der Waals surface area contributed by atoms with Crippen LogP contribution >= 0.6 is 0 Å². The van der Waals surface area contributed by atoms with Crippen LogP contribution < -0.4 is 10.1 Å². The van der Waals surface area contributed by atoms with Crippen LogP contribution in [0.4, 0.5) is 0 Å². The molecule has 0 aliphatic carbocycles. The molecule has 0 aliphatic rings. The number of rotatable bonds is 7. The summed E-state index contributed by atoms with van der Waals surface area (Å²) in [5.41, 5.74) is 3.44. The molecule has 0 bridgehead atoms. The van der Waals surface area contributed by atoms with E-state index in [2.05, 4.69) is 5.32 Å². The Kier molecular flexibility index (Phi) is 7.21. The smallest absolute Gasteiger partial charge is 0.325 e. The quantitative estimate of drug-likeness (QED) is 0.442. The van der Waals surface area contributed by atoms with Gasteiger partial charge in [0.25, 0.3) is 5.91 Å². The summed E-state index contributed by atoms with van der Waals surface area (Å²) in [5, 5.41) is 11.8. The second-order valence-electron chi connectivity index (χ2n) is 6.75. The first-order valence-corrected chi connectivity index (χ1v) is 9.19. The molecule has 0 fully saturated rings. The predicted octanol–water partition coefficient (Wildman–Crippen LogP) is 3.08. The highest BCUT2D eigenvalue weighted by atomic mass is 16.5. The van der Waals surface area contributed by atoms with E-state index in [0.29, 0.717) is 0 Å². The molecular formula is C22H25N3O4. The number of ether oxygens (including phenoxy) is 2. The summed E-state index contributed by atoms with van der Waals surface area (Å²) in [6.45, 7) is 7.01. The number of aromatic nitrogens is 1. The van der Waals surface area contributed by atoms with Gasteiger partial charge in [0.2, 0.25) is 0 Å². The van der Waals surface area contributed by atoms with Gasteiger partial charge in [-0.25, -0.2) is 0 Å². The van der Waals surface area contributed by atoms with Crippen LogP contribution in [0.5, 0.6) is 5.75 Å². The van der Waals surface area contributed by atoms with E-state index in [4.69, 9.17) is 9.47 Å². The van der Waals surface area contributed by atoms with Gasteiger partial charge in [0.1, 0.15) is 23.9 Å². The van der Waals surface area contributed by atoms with E-state index in [1.807, 2.05) is 54.8 Å². The fourth-order valence-electron chi connectivity index (χ4n) is 2.92. The first-order chi connectivity index (χ1) is 13.8. The van der Waals surface area contributed by atoms with Gasteiger partial charge in [-0.05, 0) is 69.7 Å². The van der Waals surface area contributed by atoms with Gasteiger partial charge in [-0.2, -0.15) is 5.26 Å². The van der Waals surface area contributed by atoms with Crippen molar-refractivity contribution in [2.24, 2.45) is 0 Å². The molecule has 0 unspecified atom stereocenters. The number of esters is 1. The standard InChI is InChI=1S/C22H25N3O4/c1-14(2)29-21(26)13-24-22(27)18(12-23)11-17-10-15(3)25(16(17)4)19-6-8-20(28-5)9-7-19/h6-11,14H,13H2,1-5H3,(H,24,27)/b18-11-. The maximum Gasteiger partial charge on any atom is 0.325 e. The largest absolute Gasteiger partial charge is 0.497 e. The van der Waals surface area contributed by atoms with Gasteiger partial charge in [-0.15, -0.1) is 0 Å². The minimum absolute atomic E-state index is 0.0858. The Hall–Kier alpha value is -3.53. The van der Waals surface area contributed by atoms with Crippen molar-refractivity contribution in [1.82, 2.24) is 9.88 Å². The van der Waals surface area contributed by atoms with Crippen LogP contribution in [-0.4, -0.2) is 36.2 Å². The number of nitrogens with one attached hydrogen (secondary N) is 1. The zero-order valence-corrected chi connectivity index (χ0v) is 17.3. The Labute approximate surface area is 170 Å². The number of carbonyl (C=O) groups is 2. The third kappa shape index (κ3) is 5.48. The Morgan fingerprint density at radius 1 is 1.24 bits per heavy atom. The minimum Gasteiger partial charge on any atom is -0.497 e. The molecule has 1 heterocycles. The van der Waals surface area contributed by atoms with Crippen molar-refractivity contribution in [2.75, 3.05) is 13.7 Å². The molecular weight excluding hydrogens is 370 g/mol. The molecule has 1 aromatic carbocycles. The molecule has 7 nitrogen and oxygen atoms in total. The fraction of sp³-hybridized carbons (Fsp3) is 0.318. The summed E-state index contributed by atoms with van der Waals surface area (Å²) < 4.78 is 12.2. The van der Waals surface area contributed by atoms with Crippen molar-refractivity contribution in [3.63, 3.8) is 0 Å². The maximum absolute atomic E-state index is 12.3. The zero-order valence-electron chi connectivity index (χ0n) is 17.3. The van der Waals surface area contributed by atoms with Crippen LogP contribution in [0.3, 0.4) is 0 Å². The predicted molar refractivity (Wildman–Crippen MR) is 110 cm³/mol. The summed E-state index contributed by atoms with van der Waals surface area (Å²) in [4.78, 5) is 23.9. The zero-order chi connectivity index (χ0) is 21.6. The number of carbonyl (C=O) groups excluding carboxylic acids is 2. The van der Waals surface area contributed by atoms with Crippen molar-refractivity contribution in [1.29, 1.82) is 5.26 Å². The van der Waals surface area contributed by atoms with Gasteiger partial charge in [-0.3, -0.25) is 9.59 Å². The van der Waals surface area contributed by atoms with Gasteiger partial charge in [0.05, 0.1) is 13.2 Å². The van der Waals surface area contributed by atoms with Gasteiger partial charge in [0.15, 0.2) is 0 Å². The lowest BCUT2D eigenvalue weighted by atomic mass is 10.1. The van der Waals surface area contributed by atoms with Gasteiger partial charge >= 0.3 is 5.97 Å². The lowest BCUT2D eigenvalue weighted by molar-refractivity contribution is -0.147. The molecule has 29 heavy (non-hydrogen) atoms. The third-order valence-electron chi connectivity index (χ3n) is 4.23. The molecule has 0 spiro atoms. The van der Waals surface area contributed by atoms with Crippen LogP contribution in [0.25, 0.3) is 11.8 Å². The molecule has 0 aliphatic heterocycles. The lowest BCUT2D eigenvalue weighted by Gasteiger charge is -2.10. The number of nitrogens with zero attached hydrogens (tertiary/aromatic N) is 2. The average molecular weight is 395 g/mol. The second-order valence-corrected chi connectivity index (χ2v) is 6.75. The average Bonchev–Trinajstić information content (AvgIpc) is 2.96. The lowest BCUT2D eigenvalue weighted by Crippen LogP contribution is -2.32. The summed E-state index contributed by atoms with van der Waals surface area (Å²) in [6.07, 6.45) is 1.25. The number of benzene rings is 1. The highest BCUT2D eigenvalue weighted by Gasteiger charge is 2.15. The molecule has 7 heteroatoms. The van der Waals surface area contributed by atoms with E-state index in [1.54, 1.807) is 21.0 Å². The third-order valence-corrected chi connectivity index (χ3v) is 4.23. The van der Waals surface area contributed by atoms with Crippen LogP contribution in [0.15, 0.2) is 35.9 Å². The molecule has 0 radical (unpaired) electrons. The molecule has 2 rings (SSSR count). The van der Waals surface area contributed by atoms with E-state index in [-0.39, 0.29) is 18.2 Å². The maximum atomic E-state index is 12.3. The molecule has 1 aromatic heterocycles. The minimum atomic E-state index is -0.623. The van der Waals surface area contributed by atoms with Gasteiger partial charge < -0.3 is 19.4 Å². The first kappa shape index (κ1) is 21.8. The van der Waals surface area contributed by atoms with Crippen LogP contribution in [0, 0.1) is 25.2 Å². The highest BCUT2D eigenvalue weighted by molar-refractivity contribution is 6.02. The van der Waals surface area contributed by atoms with Crippen molar-refractivity contribution >= 4 is 18.0 Å². The van der Waals surface area contributed by atoms with Crippen LogP contribution in [0.1, 0.15) is 30.8 Å². The van der Waals surface area contributed by atoms with Gasteiger partial charge in [0, 0.05) is 17.1 Å². The SMILES string of the molecule is COc1ccc(-n2c(C)cc(/C=C(/C#N)C(=O)NCC(=O)OC(C)C)c2C)cc1. The van der Waals surface area contributed by atoms with Crippen molar-refractivity contribution in [3.05, 3.63) is 52.9 Å². The highest BCUT2D eigenvalue weighted by Crippen LogP contribution is 2.24. The molecule has 0 saturated carbocycles. The monoisotopic (exact) mass is 395 g/mol. The number of hydrogen-bond donors (Lipinski definition) is 1. The summed E-state index contributed by atoms with van der Waals surface area (Å²) >= 11 is 0. The van der Waals surface area contributed by atoms with E-state index in [1.165, 1.54) is 6.08 Å². The van der Waals surface area contributed by atoms with Gasteiger partial charge in [-0.1, -0.05) is 0 Å². The number of methoxy groups -OCH3 is 1. The molecule has 2 aromatic rings. The molecule has 0 atom stereocenters. The summed E-state index contributed by atoms with van der Waals surface area (Å²) in [6, 6.07) is 11.4. The topological polar surface area (TPSA) is 93.4 Å². The Balaban J connectivity index is 2.24. The van der Waals surface area contributed by atoms with E-state index in [9.17, 15) is 14.9 Å². The van der Waals surface area contributed by atoms with E-state index >= 15 is 0 Å². The summed E-state index contributed by atoms with van der Waals surface area (Å²) in [5.74, 6) is -0.415. The second kappa shape index (κ2) is 9.60. The summed E-state index contributed by atoms with van der Waals surface area (Å²) in [7, 11) is 1.61. The fourth-order valence-corrected chi connectivity index (χ4v) is 2.92. The molecule has 152 valence electrons. The normalized spacial score (nSPS) is 11.1. The number of nitriles is 1. The van der Waals surface area contributed by atoms with Crippen molar-refractivity contribution in [2.45, 2.75) is 33.8 Å². The molecule has 1 amide bonds. The van der Waals surface area contributed by atoms with Crippen LogP contribution in [0.2, 0.25) is 0 Å². The Bertz CT molecular complexity index is 963. The number of aryl methyl sites for hydroxylation is 1. The Morgan fingerprint density at radius 3 is 2.45 bits per heavy atom. The Morgan fingerprint density at radius 2 is 1.90 bits per heavy atom. The first-order valence-electron chi connectivity index (χ1n) is 9.19. The van der Waals surface area contributed by atoms with Crippen molar-refractivity contribution in [3.8, 4) is 17.5 Å². The van der Waals surface area contributed by atoms with Crippen LogP contribution in [-0.2, 0) is 14.3 Å². The molecule has 0 saturated heterocycles.